The van der Waals surface area contributed by atoms with E-state index in [-0.39, 0.29) is 24.7 Å². The van der Waals surface area contributed by atoms with Crippen molar-refractivity contribution in [2.24, 2.45) is 5.92 Å². The maximum Gasteiger partial charge on any atom is 0.303 e. The highest BCUT2D eigenvalue weighted by Gasteiger charge is 2.12. The number of methoxy groups -OCH3 is 1. The van der Waals surface area contributed by atoms with Crippen LogP contribution in [0.15, 0.2) is 24.4 Å². The van der Waals surface area contributed by atoms with Crippen molar-refractivity contribution in [2.75, 3.05) is 13.7 Å². The Balaban J connectivity index is 1.98. The van der Waals surface area contributed by atoms with Gasteiger partial charge in [-0.25, -0.2) is 0 Å². The minimum absolute atomic E-state index is 0.0462. The smallest absolute Gasteiger partial charge is 0.303 e. The van der Waals surface area contributed by atoms with Crippen molar-refractivity contribution in [3.63, 3.8) is 0 Å². The Bertz CT molecular complexity index is 678. The molecule has 0 aliphatic carbocycles. The van der Waals surface area contributed by atoms with Crippen LogP contribution in [0.4, 0.5) is 0 Å². The minimum atomic E-state index is -0.856. The first-order valence-corrected chi connectivity index (χ1v) is 7.12. The lowest BCUT2D eigenvalue weighted by molar-refractivity contribution is -0.138. The number of benzene rings is 1. The quantitative estimate of drug-likeness (QED) is 0.729. The molecule has 6 nitrogen and oxygen atoms in total. The summed E-state index contributed by atoms with van der Waals surface area (Å²) in [7, 11) is 1.60. The molecule has 22 heavy (non-hydrogen) atoms. The van der Waals surface area contributed by atoms with Gasteiger partial charge in [0, 0.05) is 30.1 Å². The Kier molecular flexibility index (Phi) is 5.04. The summed E-state index contributed by atoms with van der Waals surface area (Å²) in [6.07, 6.45) is 2.10. The normalized spacial score (nSPS) is 12.1. The van der Waals surface area contributed by atoms with Crippen LogP contribution in [0, 0.1) is 5.92 Å². The topological polar surface area (TPSA) is 91.4 Å². The zero-order valence-corrected chi connectivity index (χ0v) is 12.7. The Morgan fingerprint density at radius 1 is 1.41 bits per heavy atom. The van der Waals surface area contributed by atoms with E-state index >= 15 is 0 Å². The summed E-state index contributed by atoms with van der Waals surface area (Å²) in [4.78, 5) is 25.7. The van der Waals surface area contributed by atoms with Crippen LogP contribution >= 0.6 is 0 Å². The van der Waals surface area contributed by atoms with Gasteiger partial charge in [-0.2, -0.15) is 0 Å². The number of carbonyl (C=O) groups is 2. The van der Waals surface area contributed by atoms with Crippen LogP contribution in [0.5, 0.6) is 5.75 Å². The van der Waals surface area contributed by atoms with Gasteiger partial charge in [-0.1, -0.05) is 6.92 Å². The van der Waals surface area contributed by atoms with Crippen molar-refractivity contribution in [3.8, 4) is 5.75 Å². The molecule has 0 fully saturated rings. The lowest BCUT2D eigenvalue weighted by Crippen LogP contribution is -2.30. The summed E-state index contributed by atoms with van der Waals surface area (Å²) in [6, 6.07) is 5.66. The number of rotatable bonds is 7. The van der Waals surface area contributed by atoms with E-state index in [9.17, 15) is 9.59 Å². The molecule has 0 aliphatic heterocycles. The van der Waals surface area contributed by atoms with Crippen molar-refractivity contribution in [1.82, 2.24) is 10.3 Å². The Morgan fingerprint density at radius 2 is 2.18 bits per heavy atom. The molecule has 0 aliphatic rings. The molecule has 0 spiro atoms. The van der Waals surface area contributed by atoms with E-state index in [1.807, 2.05) is 24.4 Å². The molecule has 118 valence electrons. The predicted octanol–water partition coefficient (Wildman–Crippen LogP) is 1.95. The molecule has 2 rings (SSSR count). The average molecular weight is 304 g/mol. The third kappa shape index (κ3) is 4.00. The van der Waals surface area contributed by atoms with E-state index in [1.165, 1.54) is 0 Å². The maximum absolute atomic E-state index is 12.0. The van der Waals surface area contributed by atoms with E-state index in [0.717, 1.165) is 22.2 Å². The first-order chi connectivity index (χ1) is 10.5. The number of aromatic nitrogens is 1. The van der Waals surface area contributed by atoms with Crippen LogP contribution in [-0.4, -0.2) is 35.6 Å². The first-order valence-electron chi connectivity index (χ1n) is 7.12. The lowest BCUT2D eigenvalue weighted by atomic mass is 10.1. The highest BCUT2D eigenvalue weighted by atomic mass is 16.5. The van der Waals surface area contributed by atoms with Crippen molar-refractivity contribution in [1.29, 1.82) is 0 Å². The van der Waals surface area contributed by atoms with Crippen LogP contribution in [0.1, 0.15) is 18.9 Å². The molecule has 0 saturated carbocycles. The molecule has 1 aromatic heterocycles. The molecule has 0 radical (unpaired) electrons. The molecule has 2 aromatic rings. The van der Waals surface area contributed by atoms with Gasteiger partial charge in [-0.15, -0.1) is 0 Å². The molecule has 1 aromatic carbocycles. The number of hydrogen-bond acceptors (Lipinski definition) is 3. The number of aromatic amines is 1. The predicted molar refractivity (Wildman–Crippen MR) is 83.0 cm³/mol. The van der Waals surface area contributed by atoms with Gasteiger partial charge in [-0.05, 0) is 29.7 Å². The second-order valence-corrected chi connectivity index (χ2v) is 5.41. The van der Waals surface area contributed by atoms with Crippen molar-refractivity contribution < 1.29 is 19.4 Å². The first kappa shape index (κ1) is 15.9. The van der Waals surface area contributed by atoms with Crippen LogP contribution in [0.25, 0.3) is 10.9 Å². The third-order valence-electron chi connectivity index (χ3n) is 3.50. The van der Waals surface area contributed by atoms with Gasteiger partial charge >= 0.3 is 5.97 Å². The van der Waals surface area contributed by atoms with Gasteiger partial charge in [0.1, 0.15) is 5.75 Å². The summed E-state index contributed by atoms with van der Waals surface area (Å²) in [5.74, 6) is -0.334. The number of fused-ring (bicyclic) bond motifs is 1. The van der Waals surface area contributed by atoms with Crippen LogP contribution in [0.3, 0.4) is 0 Å². The molecule has 0 bridgehead atoms. The van der Waals surface area contributed by atoms with E-state index in [0.29, 0.717) is 6.54 Å². The van der Waals surface area contributed by atoms with Crippen molar-refractivity contribution in [3.05, 3.63) is 30.0 Å². The molecule has 6 heteroatoms. The van der Waals surface area contributed by atoms with Gasteiger partial charge in [0.15, 0.2) is 0 Å². The van der Waals surface area contributed by atoms with Crippen LogP contribution in [-0.2, 0) is 16.0 Å². The Morgan fingerprint density at radius 3 is 2.86 bits per heavy atom. The minimum Gasteiger partial charge on any atom is -0.497 e. The highest BCUT2D eigenvalue weighted by Crippen LogP contribution is 2.23. The largest absolute Gasteiger partial charge is 0.497 e. The summed E-state index contributed by atoms with van der Waals surface area (Å²) in [5.41, 5.74) is 1.83. The number of H-pyrrole nitrogens is 1. The second kappa shape index (κ2) is 6.98. The summed E-state index contributed by atoms with van der Waals surface area (Å²) in [5, 5.41) is 12.4. The fraction of sp³-hybridized carbons (Fsp3) is 0.375. The molecular weight excluding hydrogens is 284 g/mol. The van der Waals surface area contributed by atoms with Gasteiger partial charge in [0.2, 0.25) is 5.91 Å². The molecule has 1 atom stereocenters. The molecule has 1 amide bonds. The monoisotopic (exact) mass is 304 g/mol. The van der Waals surface area contributed by atoms with Gasteiger partial charge in [-0.3, -0.25) is 9.59 Å². The number of nitrogens with one attached hydrogen (secondary N) is 2. The summed E-state index contributed by atoms with van der Waals surface area (Å²) < 4.78 is 5.20. The van der Waals surface area contributed by atoms with Gasteiger partial charge in [0.25, 0.3) is 0 Å². The molecule has 1 heterocycles. The third-order valence-corrected chi connectivity index (χ3v) is 3.50. The van der Waals surface area contributed by atoms with E-state index in [4.69, 9.17) is 9.84 Å². The number of hydrogen-bond donors (Lipinski definition) is 3. The molecule has 0 saturated heterocycles. The number of ether oxygens (including phenoxy) is 1. The van der Waals surface area contributed by atoms with Crippen molar-refractivity contribution in [2.45, 2.75) is 19.8 Å². The highest BCUT2D eigenvalue weighted by molar-refractivity contribution is 5.89. The fourth-order valence-corrected chi connectivity index (χ4v) is 2.32. The van der Waals surface area contributed by atoms with E-state index < -0.39 is 5.97 Å². The Labute approximate surface area is 128 Å². The average Bonchev–Trinajstić information content (AvgIpc) is 2.86. The standard InChI is InChI=1S/C16H20N2O4/c1-10(5-16(20)21)8-18-15(19)6-11-9-17-14-4-3-12(22-2)7-13(11)14/h3-4,7,9-10,17H,5-6,8H2,1-2H3,(H,18,19)(H,20,21). The second-order valence-electron chi connectivity index (χ2n) is 5.41. The number of aliphatic carboxylic acids is 1. The zero-order chi connectivity index (χ0) is 16.1. The van der Waals surface area contributed by atoms with E-state index in [1.54, 1.807) is 14.0 Å². The number of carboxylic acids is 1. The Hall–Kier alpha value is -2.50. The van der Waals surface area contributed by atoms with E-state index in [2.05, 4.69) is 10.3 Å². The number of carbonyl (C=O) groups excluding carboxylic acids is 1. The fourth-order valence-electron chi connectivity index (χ4n) is 2.32. The lowest BCUT2D eigenvalue weighted by Gasteiger charge is -2.10. The number of amides is 1. The van der Waals surface area contributed by atoms with Crippen LogP contribution < -0.4 is 10.1 Å². The van der Waals surface area contributed by atoms with Gasteiger partial charge < -0.3 is 20.1 Å². The van der Waals surface area contributed by atoms with Crippen molar-refractivity contribution >= 4 is 22.8 Å². The summed E-state index contributed by atoms with van der Waals surface area (Å²) in [6.45, 7) is 2.15. The SMILES string of the molecule is COc1ccc2[nH]cc(CC(=O)NCC(C)CC(=O)O)c2c1. The maximum atomic E-state index is 12.0. The summed E-state index contributed by atoms with van der Waals surface area (Å²) >= 11 is 0. The zero-order valence-electron chi connectivity index (χ0n) is 12.7. The van der Waals surface area contributed by atoms with Crippen LogP contribution in [0.2, 0.25) is 0 Å². The molecule has 3 N–H and O–H groups in total. The van der Waals surface area contributed by atoms with Gasteiger partial charge in [0.05, 0.1) is 13.5 Å². The molecule has 1 unspecified atom stereocenters. The molecular formula is C16H20N2O4. The number of carboxylic acid groups (broad SMARTS) is 1.